The lowest BCUT2D eigenvalue weighted by Gasteiger charge is -2.11. The fraction of sp³-hybridized carbons (Fsp3) is 0.143. The average molecular weight is 379 g/mol. The van der Waals surface area contributed by atoms with Crippen molar-refractivity contribution in [2.24, 2.45) is 5.73 Å². The summed E-state index contributed by atoms with van der Waals surface area (Å²) in [6, 6.07) is 19.2. The topological polar surface area (TPSA) is 77.1 Å². The molecular weight excluding hydrogens is 358 g/mol. The molecule has 2 aromatic carbocycles. The molecule has 6 heteroatoms. The predicted octanol–water partition coefficient (Wildman–Crippen LogP) is 3.92. The van der Waals surface area contributed by atoms with Gasteiger partial charge in [-0.25, -0.2) is 0 Å². The number of aromatic nitrogens is 1. The quantitative estimate of drug-likeness (QED) is 0.637. The molecule has 2 amide bonds. The van der Waals surface area contributed by atoms with E-state index in [1.165, 1.54) is 11.8 Å². The van der Waals surface area contributed by atoms with Crippen molar-refractivity contribution in [1.29, 1.82) is 0 Å². The van der Waals surface area contributed by atoms with Gasteiger partial charge in [0, 0.05) is 22.0 Å². The molecule has 0 unspecified atom stereocenters. The molecule has 138 valence electrons. The molecule has 3 aromatic rings. The van der Waals surface area contributed by atoms with Gasteiger partial charge in [-0.2, -0.15) is 0 Å². The van der Waals surface area contributed by atoms with E-state index in [0.29, 0.717) is 11.3 Å². The first-order valence-corrected chi connectivity index (χ1v) is 9.52. The van der Waals surface area contributed by atoms with E-state index in [9.17, 15) is 9.59 Å². The number of carbonyl (C=O) groups is 2. The van der Waals surface area contributed by atoms with Crippen molar-refractivity contribution in [3.8, 4) is 5.69 Å². The van der Waals surface area contributed by atoms with Gasteiger partial charge in [-0.3, -0.25) is 9.59 Å². The second-order valence-corrected chi connectivity index (χ2v) is 7.18. The lowest BCUT2D eigenvalue weighted by atomic mass is 10.2. The van der Waals surface area contributed by atoms with Crippen molar-refractivity contribution in [2.45, 2.75) is 18.7 Å². The van der Waals surface area contributed by atoms with E-state index in [2.05, 4.69) is 9.88 Å². The summed E-state index contributed by atoms with van der Waals surface area (Å²) in [5, 5.41) is 2.96. The van der Waals surface area contributed by atoms with Gasteiger partial charge in [0.25, 0.3) is 5.91 Å². The summed E-state index contributed by atoms with van der Waals surface area (Å²) in [6.07, 6.45) is 0. The minimum atomic E-state index is -0.396. The SMILES string of the molecule is Cc1cc(C(=O)Nc2ccccc2SCC(N)=O)c(C)n1-c1ccccc1. The molecule has 0 bridgehead atoms. The number of nitrogens with zero attached hydrogens (tertiary/aromatic N) is 1. The Morgan fingerprint density at radius 1 is 1.04 bits per heavy atom. The second kappa shape index (κ2) is 8.14. The van der Waals surface area contributed by atoms with Crippen LogP contribution in [-0.4, -0.2) is 22.1 Å². The molecule has 1 heterocycles. The van der Waals surface area contributed by atoms with Crippen LogP contribution in [0.4, 0.5) is 5.69 Å². The number of para-hydroxylation sites is 2. The van der Waals surface area contributed by atoms with E-state index in [1.54, 1.807) is 0 Å². The highest BCUT2D eigenvalue weighted by molar-refractivity contribution is 8.00. The van der Waals surface area contributed by atoms with Crippen molar-refractivity contribution >= 4 is 29.3 Å². The highest BCUT2D eigenvalue weighted by Crippen LogP contribution is 2.28. The number of hydrogen-bond donors (Lipinski definition) is 2. The fourth-order valence-corrected chi connectivity index (χ4v) is 3.75. The number of thioether (sulfide) groups is 1. The molecule has 5 nitrogen and oxygen atoms in total. The van der Waals surface area contributed by atoms with Crippen LogP contribution in [0.1, 0.15) is 21.7 Å². The number of primary amides is 1. The van der Waals surface area contributed by atoms with Gasteiger partial charge in [-0.15, -0.1) is 11.8 Å². The van der Waals surface area contributed by atoms with E-state index in [-0.39, 0.29) is 11.7 Å². The molecule has 0 aliphatic rings. The number of nitrogens with two attached hydrogens (primary N) is 1. The first-order chi connectivity index (χ1) is 13.0. The third-order valence-electron chi connectivity index (χ3n) is 4.20. The van der Waals surface area contributed by atoms with E-state index >= 15 is 0 Å². The Morgan fingerprint density at radius 3 is 2.41 bits per heavy atom. The maximum absolute atomic E-state index is 12.9. The zero-order valence-electron chi connectivity index (χ0n) is 15.2. The Labute approximate surface area is 162 Å². The summed E-state index contributed by atoms with van der Waals surface area (Å²) in [5.74, 6) is -0.417. The lowest BCUT2D eigenvalue weighted by Crippen LogP contribution is -2.15. The maximum Gasteiger partial charge on any atom is 0.257 e. The summed E-state index contributed by atoms with van der Waals surface area (Å²) >= 11 is 1.31. The second-order valence-electron chi connectivity index (χ2n) is 6.16. The molecule has 0 atom stereocenters. The Hall–Kier alpha value is -2.99. The van der Waals surface area contributed by atoms with Crippen LogP contribution in [0.3, 0.4) is 0 Å². The Morgan fingerprint density at radius 2 is 1.70 bits per heavy atom. The number of carbonyl (C=O) groups excluding carboxylic acids is 2. The molecule has 0 saturated heterocycles. The number of anilines is 1. The van der Waals surface area contributed by atoms with Gasteiger partial charge in [0.2, 0.25) is 5.91 Å². The number of nitrogens with one attached hydrogen (secondary N) is 1. The number of aryl methyl sites for hydroxylation is 1. The highest BCUT2D eigenvalue weighted by Gasteiger charge is 2.17. The van der Waals surface area contributed by atoms with Gasteiger partial charge in [0.05, 0.1) is 17.0 Å². The maximum atomic E-state index is 12.9. The number of amides is 2. The Balaban J connectivity index is 1.87. The van der Waals surface area contributed by atoms with Crippen molar-refractivity contribution in [2.75, 3.05) is 11.1 Å². The van der Waals surface area contributed by atoms with Gasteiger partial charge < -0.3 is 15.6 Å². The predicted molar refractivity (Wildman–Crippen MR) is 110 cm³/mol. The van der Waals surface area contributed by atoms with Gasteiger partial charge in [0.15, 0.2) is 0 Å². The number of rotatable bonds is 6. The zero-order valence-corrected chi connectivity index (χ0v) is 16.0. The molecule has 27 heavy (non-hydrogen) atoms. The molecule has 0 spiro atoms. The number of benzene rings is 2. The van der Waals surface area contributed by atoms with Gasteiger partial charge in [-0.1, -0.05) is 30.3 Å². The zero-order chi connectivity index (χ0) is 19.4. The van der Waals surface area contributed by atoms with Crippen LogP contribution < -0.4 is 11.1 Å². The molecular formula is C21H21N3O2S. The molecule has 0 fully saturated rings. The summed E-state index contributed by atoms with van der Waals surface area (Å²) in [5.41, 5.74) is 9.39. The minimum Gasteiger partial charge on any atom is -0.369 e. The van der Waals surface area contributed by atoms with Crippen molar-refractivity contribution in [3.05, 3.63) is 77.6 Å². The molecule has 1 aromatic heterocycles. The van der Waals surface area contributed by atoms with Crippen LogP contribution in [0.25, 0.3) is 5.69 Å². The molecule has 0 aliphatic carbocycles. The van der Waals surface area contributed by atoms with Crippen molar-refractivity contribution in [1.82, 2.24) is 4.57 Å². The van der Waals surface area contributed by atoms with Crippen LogP contribution in [0, 0.1) is 13.8 Å². The minimum absolute atomic E-state index is 0.162. The molecule has 3 N–H and O–H groups in total. The van der Waals surface area contributed by atoms with Crippen LogP contribution in [-0.2, 0) is 4.79 Å². The van der Waals surface area contributed by atoms with Crippen LogP contribution in [0.5, 0.6) is 0 Å². The van der Waals surface area contributed by atoms with Gasteiger partial charge >= 0.3 is 0 Å². The Kier molecular flexibility index (Phi) is 5.66. The van der Waals surface area contributed by atoms with Gasteiger partial charge in [0.1, 0.15) is 0 Å². The molecule has 3 rings (SSSR count). The first-order valence-electron chi connectivity index (χ1n) is 8.53. The summed E-state index contributed by atoms with van der Waals surface area (Å²) < 4.78 is 2.06. The number of hydrogen-bond acceptors (Lipinski definition) is 3. The summed E-state index contributed by atoms with van der Waals surface area (Å²) in [6.45, 7) is 3.91. The van der Waals surface area contributed by atoms with Crippen LogP contribution >= 0.6 is 11.8 Å². The van der Waals surface area contributed by atoms with Crippen LogP contribution in [0.2, 0.25) is 0 Å². The molecule has 0 saturated carbocycles. The van der Waals surface area contributed by atoms with E-state index in [1.807, 2.05) is 74.5 Å². The van der Waals surface area contributed by atoms with E-state index in [0.717, 1.165) is 22.0 Å². The third kappa shape index (κ3) is 4.23. The van der Waals surface area contributed by atoms with Gasteiger partial charge in [-0.05, 0) is 44.2 Å². The van der Waals surface area contributed by atoms with E-state index < -0.39 is 5.91 Å². The van der Waals surface area contributed by atoms with Crippen molar-refractivity contribution < 1.29 is 9.59 Å². The smallest absolute Gasteiger partial charge is 0.257 e. The Bertz CT molecular complexity index is 980. The molecule has 0 radical (unpaired) electrons. The lowest BCUT2D eigenvalue weighted by molar-refractivity contribution is -0.115. The highest BCUT2D eigenvalue weighted by atomic mass is 32.2. The third-order valence-corrected chi connectivity index (χ3v) is 5.29. The van der Waals surface area contributed by atoms with Crippen LogP contribution in [0.15, 0.2) is 65.6 Å². The van der Waals surface area contributed by atoms with Crippen molar-refractivity contribution in [3.63, 3.8) is 0 Å². The standard InChI is InChI=1S/C21H21N3O2S/c1-14-12-17(15(2)24(14)16-8-4-3-5-9-16)21(26)23-18-10-6-7-11-19(18)27-13-20(22)25/h3-12H,13H2,1-2H3,(H2,22,25)(H,23,26). The average Bonchev–Trinajstić information content (AvgIpc) is 2.96. The summed E-state index contributed by atoms with van der Waals surface area (Å²) in [4.78, 5) is 24.8. The monoisotopic (exact) mass is 379 g/mol. The largest absolute Gasteiger partial charge is 0.369 e. The molecule has 0 aliphatic heterocycles. The first kappa shape index (κ1) is 18.8. The van der Waals surface area contributed by atoms with E-state index in [4.69, 9.17) is 5.73 Å². The fourth-order valence-electron chi connectivity index (χ4n) is 3.00. The summed E-state index contributed by atoms with van der Waals surface area (Å²) in [7, 11) is 0. The normalized spacial score (nSPS) is 10.6.